The predicted octanol–water partition coefficient (Wildman–Crippen LogP) is 1.97. The fraction of sp³-hybridized carbons (Fsp3) is 0.400. The number of aliphatic hydroxyl groups excluding tert-OH is 2. The lowest BCUT2D eigenvalue weighted by molar-refractivity contribution is -0.131. The van der Waals surface area contributed by atoms with E-state index in [1.165, 1.54) is 23.1 Å². The van der Waals surface area contributed by atoms with Crippen molar-refractivity contribution in [3.8, 4) is 0 Å². The third kappa shape index (κ3) is 6.14. The van der Waals surface area contributed by atoms with Gasteiger partial charge in [0.05, 0.1) is 29.8 Å². The van der Waals surface area contributed by atoms with E-state index < -0.39 is 18.0 Å². The van der Waals surface area contributed by atoms with Gasteiger partial charge in [0.1, 0.15) is 5.82 Å². The molecule has 0 unspecified atom stereocenters. The number of fused-ring (bicyclic) bond motifs is 1. The summed E-state index contributed by atoms with van der Waals surface area (Å²) in [5.41, 5.74) is 3.48. The molecule has 3 rings (SSSR count). The zero-order chi connectivity index (χ0) is 25.9. The first-order valence-corrected chi connectivity index (χ1v) is 11.3. The summed E-state index contributed by atoms with van der Waals surface area (Å²) in [6.45, 7) is 3.65. The van der Waals surface area contributed by atoms with E-state index >= 15 is 0 Å². The van der Waals surface area contributed by atoms with Gasteiger partial charge >= 0.3 is 0 Å². The van der Waals surface area contributed by atoms with E-state index in [2.05, 4.69) is 15.6 Å². The van der Waals surface area contributed by atoms with Crippen LogP contribution < -0.4 is 10.6 Å². The van der Waals surface area contributed by atoms with Gasteiger partial charge in [-0.3, -0.25) is 14.4 Å². The second kappa shape index (κ2) is 10.8. The first-order chi connectivity index (χ1) is 16.5. The van der Waals surface area contributed by atoms with Crippen molar-refractivity contribution in [3.05, 3.63) is 52.1 Å². The van der Waals surface area contributed by atoms with Gasteiger partial charge in [0.25, 0.3) is 11.8 Å². The number of carbonyl (C=O) groups is 3. The number of aromatic nitrogens is 1. The number of nitrogens with zero attached hydrogens (tertiary/aromatic N) is 1. The monoisotopic (exact) mass is 486 g/mol. The topological polar surface area (TPSA) is 135 Å². The van der Waals surface area contributed by atoms with Gasteiger partial charge in [-0.2, -0.15) is 0 Å². The molecule has 2 aromatic rings. The first kappa shape index (κ1) is 26.1. The Hall–Kier alpha value is -3.50. The number of benzene rings is 1. The van der Waals surface area contributed by atoms with Crippen molar-refractivity contribution in [2.75, 3.05) is 26.0 Å². The number of hydrogen-bond donors (Lipinski definition) is 5. The molecule has 5 N–H and O–H groups in total. The molecule has 0 fully saturated rings. The molecule has 188 valence electrons. The number of aliphatic hydroxyl groups is 2. The molecule has 0 saturated heterocycles. The van der Waals surface area contributed by atoms with Gasteiger partial charge in [-0.25, -0.2) is 4.39 Å². The highest BCUT2D eigenvalue weighted by molar-refractivity contribution is 6.34. The van der Waals surface area contributed by atoms with Crippen LogP contribution in [-0.4, -0.2) is 70.7 Å². The summed E-state index contributed by atoms with van der Waals surface area (Å²) in [5.74, 6) is -1.39. The zero-order valence-electron chi connectivity index (χ0n) is 20.2. The van der Waals surface area contributed by atoms with Crippen LogP contribution in [0.1, 0.15) is 52.1 Å². The van der Waals surface area contributed by atoms with E-state index in [4.69, 9.17) is 0 Å². The first-order valence-electron chi connectivity index (χ1n) is 11.3. The van der Waals surface area contributed by atoms with E-state index in [-0.39, 0.29) is 43.5 Å². The Balaban J connectivity index is 1.63. The third-order valence-corrected chi connectivity index (χ3v) is 5.97. The summed E-state index contributed by atoms with van der Waals surface area (Å²) in [5, 5.41) is 25.6. The van der Waals surface area contributed by atoms with E-state index in [0.29, 0.717) is 39.3 Å². The molecule has 1 aliphatic rings. The molecule has 0 saturated carbocycles. The van der Waals surface area contributed by atoms with Crippen LogP contribution in [0.4, 0.5) is 10.1 Å². The third-order valence-electron chi connectivity index (χ3n) is 5.97. The molecule has 0 spiro atoms. The van der Waals surface area contributed by atoms with Gasteiger partial charge in [-0.15, -0.1) is 0 Å². The Morgan fingerprint density at radius 3 is 2.60 bits per heavy atom. The Kier molecular flexibility index (Phi) is 8.08. The van der Waals surface area contributed by atoms with Gasteiger partial charge < -0.3 is 30.7 Å². The molecule has 2 atom stereocenters. The highest BCUT2D eigenvalue weighted by atomic mass is 19.1. The quantitative estimate of drug-likeness (QED) is 0.346. The van der Waals surface area contributed by atoms with Crippen molar-refractivity contribution in [2.45, 2.75) is 45.3 Å². The molecule has 0 aliphatic carbocycles. The molecule has 1 aromatic heterocycles. The van der Waals surface area contributed by atoms with E-state index in [9.17, 15) is 29.0 Å². The zero-order valence-corrected chi connectivity index (χ0v) is 20.2. The van der Waals surface area contributed by atoms with Gasteiger partial charge in [0, 0.05) is 43.3 Å². The van der Waals surface area contributed by atoms with E-state index in [0.717, 1.165) is 0 Å². The Morgan fingerprint density at radius 1 is 1.20 bits per heavy atom. The van der Waals surface area contributed by atoms with Crippen LogP contribution in [0.25, 0.3) is 11.6 Å². The van der Waals surface area contributed by atoms with Crippen LogP contribution in [0, 0.1) is 19.7 Å². The molecule has 3 amide bonds. The van der Waals surface area contributed by atoms with Crippen molar-refractivity contribution < 1.29 is 29.0 Å². The standard InChI is InChI=1S/C25H31FN4O5/c1-13-21(12-19-18-9-15(26)5-6-20(18)29-24(19)34)28-14(2)23(13)25(35)27-8-7-16(31)10-17(32)11-22(33)30(3)4/h5-6,9,12,16-17,28,31-32H,7-8,10-11H2,1-4H3,(H,27,35)(H,29,34)/b19-12-/t16-,17-/m1/s1. The van der Waals surface area contributed by atoms with Gasteiger partial charge in [0.15, 0.2) is 0 Å². The van der Waals surface area contributed by atoms with Crippen LogP contribution in [-0.2, 0) is 9.59 Å². The molecule has 10 heteroatoms. The summed E-state index contributed by atoms with van der Waals surface area (Å²) in [7, 11) is 3.18. The van der Waals surface area contributed by atoms with Crippen LogP contribution >= 0.6 is 0 Å². The number of aromatic amines is 1. The van der Waals surface area contributed by atoms with Crippen molar-refractivity contribution >= 4 is 35.1 Å². The number of nitrogens with one attached hydrogen (secondary N) is 3. The fourth-order valence-corrected chi connectivity index (χ4v) is 4.05. The lowest BCUT2D eigenvalue weighted by Gasteiger charge is -2.17. The van der Waals surface area contributed by atoms with Gasteiger partial charge in [-0.1, -0.05) is 0 Å². The average Bonchev–Trinajstić information content (AvgIpc) is 3.22. The van der Waals surface area contributed by atoms with Gasteiger partial charge in [-0.05, 0) is 56.5 Å². The molecule has 1 aliphatic heterocycles. The summed E-state index contributed by atoms with van der Waals surface area (Å²) in [6, 6.07) is 4.06. The largest absolute Gasteiger partial charge is 0.393 e. The number of anilines is 1. The fourth-order valence-electron chi connectivity index (χ4n) is 4.05. The smallest absolute Gasteiger partial charge is 0.256 e. The molecule has 1 aromatic carbocycles. The number of aryl methyl sites for hydroxylation is 1. The maximum Gasteiger partial charge on any atom is 0.256 e. The number of halogens is 1. The van der Waals surface area contributed by atoms with Gasteiger partial charge in [0.2, 0.25) is 5.91 Å². The molecular weight excluding hydrogens is 455 g/mol. The van der Waals surface area contributed by atoms with Crippen molar-refractivity contribution in [1.82, 2.24) is 15.2 Å². The van der Waals surface area contributed by atoms with Crippen LogP contribution in [0.5, 0.6) is 0 Å². The van der Waals surface area contributed by atoms with Crippen LogP contribution in [0.15, 0.2) is 18.2 Å². The Bertz CT molecular complexity index is 1170. The van der Waals surface area contributed by atoms with E-state index in [1.807, 2.05) is 0 Å². The Labute approximate surface area is 203 Å². The summed E-state index contributed by atoms with van der Waals surface area (Å²) >= 11 is 0. The highest BCUT2D eigenvalue weighted by Gasteiger charge is 2.26. The number of rotatable bonds is 9. The molecule has 0 radical (unpaired) electrons. The lowest BCUT2D eigenvalue weighted by Crippen LogP contribution is -2.31. The minimum Gasteiger partial charge on any atom is -0.393 e. The SMILES string of the molecule is Cc1[nH]c(/C=C2\C(=O)Nc3ccc(F)cc32)c(C)c1C(=O)NCC[C@@H](O)C[C@@H](O)CC(=O)N(C)C. The second-order valence-electron chi connectivity index (χ2n) is 8.95. The summed E-state index contributed by atoms with van der Waals surface area (Å²) < 4.78 is 13.7. The molecule has 2 heterocycles. The minimum absolute atomic E-state index is 0.0273. The van der Waals surface area contributed by atoms with Crippen molar-refractivity contribution in [2.24, 2.45) is 0 Å². The van der Waals surface area contributed by atoms with E-state index in [1.54, 1.807) is 34.0 Å². The predicted molar refractivity (Wildman–Crippen MR) is 130 cm³/mol. The molecular formula is C25H31FN4O5. The Morgan fingerprint density at radius 2 is 1.91 bits per heavy atom. The average molecular weight is 487 g/mol. The number of amides is 3. The molecule has 0 bridgehead atoms. The van der Waals surface area contributed by atoms with Crippen molar-refractivity contribution in [1.29, 1.82) is 0 Å². The molecule has 9 nitrogen and oxygen atoms in total. The lowest BCUT2D eigenvalue weighted by atomic mass is 10.0. The summed E-state index contributed by atoms with van der Waals surface area (Å²) in [6.07, 6.45) is -0.0895. The van der Waals surface area contributed by atoms with Crippen LogP contribution in [0.2, 0.25) is 0 Å². The summed E-state index contributed by atoms with van der Waals surface area (Å²) in [4.78, 5) is 41.3. The maximum atomic E-state index is 13.7. The normalized spacial score (nSPS) is 15.5. The minimum atomic E-state index is -0.966. The number of hydrogen-bond acceptors (Lipinski definition) is 5. The number of H-pyrrole nitrogens is 1. The maximum absolute atomic E-state index is 13.7. The van der Waals surface area contributed by atoms with Crippen molar-refractivity contribution in [3.63, 3.8) is 0 Å². The second-order valence-corrected chi connectivity index (χ2v) is 8.95. The van der Waals surface area contributed by atoms with Crippen LogP contribution in [0.3, 0.4) is 0 Å². The molecule has 35 heavy (non-hydrogen) atoms. The highest BCUT2D eigenvalue weighted by Crippen LogP contribution is 2.34. The number of carbonyl (C=O) groups excluding carboxylic acids is 3.